The van der Waals surface area contributed by atoms with Gasteiger partial charge >= 0.3 is 0 Å². The molecule has 2 fully saturated rings. The first-order chi connectivity index (χ1) is 11.5. The Balaban J connectivity index is 1.79. The van der Waals surface area contributed by atoms with E-state index in [-0.39, 0.29) is 23.8 Å². The van der Waals surface area contributed by atoms with E-state index < -0.39 is 5.60 Å². The number of hydrogen-bond donors (Lipinski definition) is 1. The highest BCUT2D eigenvalue weighted by Gasteiger charge is 2.41. The monoisotopic (exact) mass is 337 g/mol. The van der Waals surface area contributed by atoms with Crippen LogP contribution in [0.1, 0.15) is 70.1 Å². The Kier molecular flexibility index (Phi) is 5.20. The third-order valence-electron chi connectivity index (χ3n) is 4.96. The highest BCUT2D eigenvalue weighted by Crippen LogP contribution is 2.32. The van der Waals surface area contributed by atoms with Crippen molar-refractivity contribution in [1.29, 1.82) is 0 Å². The van der Waals surface area contributed by atoms with Crippen molar-refractivity contribution in [2.45, 2.75) is 64.0 Å². The van der Waals surface area contributed by atoms with Crippen molar-refractivity contribution in [1.82, 2.24) is 15.5 Å². The van der Waals surface area contributed by atoms with E-state index in [0.29, 0.717) is 31.5 Å². The Labute approximate surface area is 142 Å². The first kappa shape index (κ1) is 17.4. The van der Waals surface area contributed by atoms with Gasteiger partial charge in [-0.1, -0.05) is 19.0 Å². The minimum atomic E-state index is -0.760. The summed E-state index contributed by atoms with van der Waals surface area (Å²) >= 11 is 0. The summed E-state index contributed by atoms with van der Waals surface area (Å²) in [5.41, 5.74) is -0.760. The second-order valence-corrected chi connectivity index (χ2v) is 7.23. The van der Waals surface area contributed by atoms with E-state index in [0.717, 1.165) is 25.7 Å². The molecule has 3 rings (SSSR count). The van der Waals surface area contributed by atoms with Crippen molar-refractivity contribution in [3.05, 3.63) is 11.7 Å². The zero-order valence-corrected chi connectivity index (χ0v) is 14.7. The van der Waals surface area contributed by atoms with Gasteiger partial charge in [0.05, 0.1) is 0 Å². The molecule has 2 aliphatic heterocycles. The fourth-order valence-corrected chi connectivity index (χ4v) is 3.29. The summed E-state index contributed by atoms with van der Waals surface area (Å²) in [6.45, 7) is 7.90. The van der Waals surface area contributed by atoms with Crippen molar-refractivity contribution in [2.75, 3.05) is 19.8 Å². The number of carbonyl (C=O) groups excluding carboxylic acids is 1. The second kappa shape index (κ2) is 7.19. The van der Waals surface area contributed by atoms with E-state index in [1.807, 2.05) is 20.8 Å². The van der Waals surface area contributed by atoms with E-state index in [1.54, 1.807) is 0 Å². The van der Waals surface area contributed by atoms with Gasteiger partial charge in [0.25, 0.3) is 5.91 Å². The summed E-state index contributed by atoms with van der Waals surface area (Å²) < 4.78 is 16.6. The zero-order chi connectivity index (χ0) is 17.2. The van der Waals surface area contributed by atoms with Crippen LogP contribution in [0.3, 0.4) is 0 Å². The molecule has 7 nitrogen and oxygen atoms in total. The average molecular weight is 337 g/mol. The van der Waals surface area contributed by atoms with Gasteiger partial charge in [-0.3, -0.25) is 4.79 Å². The molecule has 0 aliphatic carbocycles. The molecule has 0 bridgehead atoms. The maximum Gasteiger partial charge on any atom is 0.252 e. The number of nitrogens with one attached hydrogen (secondary N) is 1. The Morgan fingerprint density at radius 2 is 2.04 bits per heavy atom. The summed E-state index contributed by atoms with van der Waals surface area (Å²) in [6, 6.07) is -0.289. The summed E-state index contributed by atoms with van der Waals surface area (Å²) in [5.74, 6) is 1.47. The molecule has 0 spiro atoms. The van der Waals surface area contributed by atoms with Crippen molar-refractivity contribution in [2.24, 2.45) is 5.92 Å². The average Bonchev–Trinajstić information content (AvgIpc) is 3.23. The van der Waals surface area contributed by atoms with Gasteiger partial charge in [-0.25, -0.2) is 0 Å². The van der Waals surface area contributed by atoms with Crippen molar-refractivity contribution in [3.63, 3.8) is 0 Å². The molecule has 0 unspecified atom stereocenters. The number of amides is 1. The molecule has 0 radical (unpaired) electrons. The standard InChI is InChI=1S/C17H27N3O4/c1-11(2)14-19-15(24-20-14)13(12-5-9-22-10-6-12)18-16(21)17(3)7-4-8-23-17/h11-13H,4-10H2,1-3H3,(H,18,21)/t13-,17-/m1/s1. The third-order valence-corrected chi connectivity index (χ3v) is 4.96. The molecule has 134 valence electrons. The molecule has 2 aliphatic rings. The van der Waals surface area contributed by atoms with Gasteiger partial charge in [0.1, 0.15) is 11.6 Å². The van der Waals surface area contributed by atoms with Crippen LogP contribution in [-0.2, 0) is 14.3 Å². The van der Waals surface area contributed by atoms with Gasteiger partial charge in [-0.05, 0) is 38.5 Å². The summed E-state index contributed by atoms with van der Waals surface area (Å²) in [6.07, 6.45) is 3.37. The number of ether oxygens (including phenoxy) is 2. The van der Waals surface area contributed by atoms with Gasteiger partial charge in [0, 0.05) is 25.7 Å². The van der Waals surface area contributed by atoms with Crippen LogP contribution in [0, 0.1) is 5.92 Å². The van der Waals surface area contributed by atoms with E-state index in [4.69, 9.17) is 14.0 Å². The molecule has 0 saturated carbocycles. The second-order valence-electron chi connectivity index (χ2n) is 7.23. The van der Waals surface area contributed by atoms with Crippen LogP contribution in [0.15, 0.2) is 4.52 Å². The largest absolute Gasteiger partial charge is 0.381 e. The number of carbonyl (C=O) groups is 1. The predicted octanol–water partition coefficient (Wildman–Crippen LogP) is 2.35. The minimum Gasteiger partial charge on any atom is -0.381 e. The fraction of sp³-hybridized carbons (Fsp3) is 0.824. The predicted molar refractivity (Wildman–Crippen MR) is 86.4 cm³/mol. The lowest BCUT2D eigenvalue weighted by Crippen LogP contribution is -2.47. The molecule has 1 aromatic rings. The lowest BCUT2D eigenvalue weighted by atomic mass is 9.90. The maximum absolute atomic E-state index is 12.8. The number of rotatable bonds is 5. The van der Waals surface area contributed by atoms with E-state index in [1.165, 1.54) is 0 Å². The number of nitrogens with zero attached hydrogens (tertiary/aromatic N) is 2. The lowest BCUT2D eigenvalue weighted by molar-refractivity contribution is -0.141. The summed E-state index contributed by atoms with van der Waals surface area (Å²) in [7, 11) is 0. The van der Waals surface area contributed by atoms with Gasteiger partial charge in [-0.15, -0.1) is 0 Å². The third kappa shape index (κ3) is 3.62. The topological polar surface area (TPSA) is 86.5 Å². The minimum absolute atomic E-state index is 0.0965. The Morgan fingerprint density at radius 3 is 2.62 bits per heavy atom. The quantitative estimate of drug-likeness (QED) is 0.887. The highest BCUT2D eigenvalue weighted by molar-refractivity contribution is 5.85. The van der Waals surface area contributed by atoms with Gasteiger partial charge < -0.3 is 19.3 Å². The number of hydrogen-bond acceptors (Lipinski definition) is 6. The van der Waals surface area contributed by atoms with E-state index >= 15 is 0 Å². The fourth-order valence-electron chi connectivity index (χ4n) is 3.29. The van der Waals surface area contributed by atoms with Crippen molar-refractivity contribution >= 4 is 5.91 Å². The molecular formula is C17H27N3O4. The smallest absolute Gasteiger partial charge is 0.252 e. The van der Waals surface area contributed by atoms with E-state index in [9.17, 15) is 4.79 Å². The molecule has 1 N–H and O–H groups in total. The normalized spacial score (nSPS) is 26.7. The molecule has 2 saturated heterocycles. The van der Waals surface area contributed by atoms with Crippen LogP contribution in [-0.4, -0.2) is 41.5 Å². The molecule has 1 aromatic heterocycles. The van der Waals surface area contributed by atoms with Crippen LogP contribution in [0.25, 0.3) is 0 Å². The van der Waals surface area contributed by atoms with Crippen LogP contribution >= 0.6 is 0 Å². The highest BCUT2D eigenvalue weighted by atomic mass is 16.5. The molecule has 0 aromatic carbocycles. The first-order valence-corrected chi connectivity index (χ1v) is 8.86. The number of aromatic nitrogens is 2. The van der Waals surface area contributed by atoms with Gasteiger partial charge in [0.15, 0.2) is 5.82 Å². The van der Waals surface area contributed by atoms with Crippen molar-refractivity contribution in [3.8, 4) is 0 Å². The van der Waals surface area contributed by atoms with Gasteiger partial charge in [0.2, 0.25) is 5.89 Å². The molecule has 1 amide bonds. The van der Waals surface area contributed by atoms with Gasteiger partial charge in [-0.2, -0.15) is 4.98 Å². The Hall–Kier alpha value is -1.47. The molecular weight excluding hydrogens is 310 g/mol. The Bertz CT molecular complexity index is 560. The SMILES string of the molecule is CC(C)c1noc([C@H](NC(=O)[C@@]2(C)CCCO2)C2CCOCC2)n1. The molecule has 7 heteroatoms. The lowest BCUT2D eigenvalue weighted by Gasteiger charge is -2.31. The first-order valence-electron chi connectivity index (χ1n) is 8.86. The van der Waals surface area contributed by atoms with Crippen molar-refractivity contribution < 1.29 is 18.8 Å². The Morgan fingerprint density at radius 1 is 1.29 bits per heavy atom. The maximum atomic E-state index is 12.8. The zero-order valence-electron chi connectivity index (χ0n) is 14.7. The molecule has 24 heavy (non-hydrogen) atoms. The summed E-state index contributed by atoms with van der Waals surface area (Å²) in [5, 5.41) is 7.18. The van der Waals surface area contributed by atoms with Crippen LogP contribution < -0.4 is 5.32 Å². The van der Waals surface area contributed by atoms with Crippen LogP contribution in [0.2, 0.25) is 0 Å². The summed E-state index contributed by atoms with van der Waals surface area (Å²) in [4.78, 5) is 17.3. The molecule has 2 atom stereocenters. The van der Waals surface area contributed by atoms with E-state index in [2.05, 4.69) is 15.5 Å². The van der Waals surface area contributed by atoms with Crippen LogP contribution in [0.5, 0.6) is 0 Å². The van der Waals surface area contributed by atoms with Crippen LogP contribution in [0.4, 0.5) is 0 Å². The molecule has 3 heterocycles.